The molecule has 1 fully saturated rings. The van der Waals surface area contributed by atoms with Crippen LogP contribution >= 0.6 is 0 Å². The molecule has 7 heteroatoms. The molecule has 188 valence electrons. The van der Waals surface area contributed by atoms with Gasteiger partial charge >= 0.3 is 0 Å². The highest BCUT2D eigenvalue weighted by Crippen LogP contribution is 2.24. The summed E-state index contributed by atoms with van der Waals surface area (Å²) in [5.41, 5.74) is 5.46. The van der Waals surface area contributed by atoms with Crippen LogP contribution < -0.4 is 20.4 Å². The normalized spacial score (nSPS) is 13.2. The molecule has 0 radical (unpaired) electrons. The number of ether oxygens (including phenoxy) is 1. The fourth-order valence-electron chi connectivity index (χ4n) is 4.31. The van der Waals surface area contributed by atoms with Crippen molar-refractivity contribution in [3.63, 3.8) is 0 Å². The summed E-state index contributed by atoms with van der Waals surface area (Å²) in [5, 5.41) is 5.95. The van der Waals surface area contributed by atoms with E-state index in [0.29, 0.717) is 35.7 Å². The largest absolute Gasteiger partial charge is 0.378 e. The number of hydrogen-bond donors (Lipinski definition) is 2. The Kier molecular flexibility index (Phi) is 8.23. The van der Waals surface area contributed by atoms with Crippen molar-refractivity contribution < 1.29 is 14.3 Å². The van der Waals surface area contributed by atoms with Gasteiger partial charge in [0.15, 0.2) is 0 Å². The van der Waals surface area contributed by atoms with Crippen LogP contribution in [0.1, 0.15) is 40.1 Å². The molecule has 0 atom stereocenters. The third-order valence-corrected chi connectivity index (χ3v) is 6.49. The molecule has 3 aromatic carbocycles. The number of benzene rings is 3. The molecule has 1 heterocycles. The summed E-state index contributed by atoms with van der Waals surface area (Å²) in [4.78, 5) is 30.3. The molecule has 1 aliphatic heterocycles. The van der Waals surface area contributed by atoms with E-state index in [1.165, 1.54) is 0 Å². The summed E-state index contributed by atoms with van der Waals surface area (Å²) < 4.78 is 5.43. The molecule has 7 nitrogen and oxygen atoms in total. The van der Waals surface area contributed by atoms with E-state index < -0.39 is 0 Å². The summed E-state index contributed by atoms with van der Waals surface area (Å²) >= 11 is 0. The van der Waals surface area contributed by atoms with Gasteiger partial charge in [-0.25, -0.2) is 0 Å². The second-order valence-electron chi connectivity index (χ2n) is 8.81. The maximum Gasteiger partial charge on any atom is 0.255 e. The number of morpholine rings is 1. The maximum absolute atomic E-state index is 13.0. The van der Waals surface area contributed by atoms with E-state index in [0.717, 1.165) is 43.1 Å². The molecule has 0 bridgehead atoms. The first-order valence-electron chi connectivity index (χ1n) is 12.5. The average Bonchev–Trinajstić information content (AvgIpc) is 2.92. The van der Waals surface area contributed by atoms with Crippen molar-refractivity contribution in [1.82, 2.24) is 0 Å². The van der Waals surface area contributed by atoms with E-state index in [9.17, 15) is 9.59 Å². The molecule has 3 aromatic rings. The molecule has 0 unspecified atom stereocenters. The van der Waals surface area contributed by atoms with E-state index in [1.807, 2.05) is 61.5 Å². The van der Waals surface area contributed by atoms with Gasteiger partial charge in [0, 0.05) is 60.1 Å². The minimum atomic E-state index is -0.196. The summed E-state index contributed by atoms with van der Waals surface area (Å²) in [6, 6.07) is 20.7. The molecule has 2 N–H and O–H groups in total. The second-order valence-corrected chi connectivity index (χ2v) is 8.81. The summed E-state index contributed by atoms with van der Waals surface area (Å²) in [7, 11) is 0. The number of rotatable bonds is 8. The maximum atomic E-state index is 13.0. The fourth-order valence-corrected chi connectivity index (χ4v) is 4.31. The summed E-state index contributed by atoms with van der Waals surface area (Å²) in [5.74, 6) is -0.385. The van der Waals surface area contributed by atoms with E-state index in [-0.39, 0.29) is 11.8 Å². The predicted octanol–water partition coefficient (Wildman–Crippen LogP) is 5.18. The van der Waals surface area contributed by atoms with Gasteiger partial charge in [0.25, 0.3) is 11.8 Å². The lowest BCUT2D eigenvalue weighted by molar-refractivity contribution is 0.101. The molecular weight excluding hydrogens is 452 g/mol. The van der Waals surface area contributed by atoms with Crippen LogP contribution in [0.25, 0.3) is 0 Å². The van der Waals surface area contributed by atoms with Crippen LogP contribution in [-0.4, -0.2) is 51.2 Å². The Bertz CT molecular complexity index is 1200. The van der Waals surface area contributed by atoms with Gasteiger partial charge in [0.05, 0.1) is 13.2 Å². The first-order valence-corrected chi connectivity index (χ1v) is 12.5. The SMILES string of the molecule is CCN(CC)c1ccc(C(=O)Nc2cc(NC(=O)c3cccc(N4CCOCC4)c3)ccc2C)cc1. The van der Waals surface area contributed by atoms with Crippen molar-refractivity contribution in [3.8, 4) is 0 Å². The van der Waals surface area contributed by atoms with Crippen molar-refractivity contribution >= 4 is 34.6 Å². The molecule has 0 aliphatic carbocycles. The third kappa shape index (κ3) is 6.04. The zero-order valence-corrected chi connectivity index (χ0v) is 21.2. The number of amides is 2. The highest BCUT2D eigenvalue weighted by molar-refractivity contribution is 6.07. The van der Waals surface area contributed by atoms with Gasteiger partial charge in [-0.1, -0.05) is 12.1 Å². The van der Waals surface area contributed by atoms with Crippen LogP contribution in [0.4, 0.5) is 22.7 Å². The summed E-state index contributed by atoms with van der Waals surface area (Å²) in [6.45, 7) is 11.0. The highest BCUT2D eigenvalue weighted by Gasteiger charge is 2.15. The standard InChI is InChI=1S/C29H34N4O3/c1-4-32(5-2)25-13-10-22(11-14-25)28(34)31-27-20-24(12-9-21(27)3)30-29(35)23-7-6-8-26(19-23)33-15-17-36-18-16-33/h6-14,19-20H,4-5,15-18H2,1-3H3,(H,30,35)(H,31,34). The van der Waals surface area contributed by atoms with E-state index in [1.54, 1.807) is 12.1 Å². The van der Waals surface area contributed by atoms with Crippen molar-refractivity contribution in [3.05, 3.63) is 83.4 Å². The number of anilines is 4. The van der Waals surface area contributed by atoms with E-state index >= 15 is 0 Å². The molecule has 4 rings (SSSR count). The molecule has 2 amide bonds. The molecule has 0 spiro atoms. The quantitative estimate of drug-likeness (QED) is 0.459. The number of carbonyl (C=O) groups is 2. The van der Waals surface area contributed by atoms with E-state index in [4.69, 9.17) is 4.74 Å². The smallest absolute Gasteiger partial charge is 0.255 e. The van der Waals surface area contributed by atoms with Gasteiger partial charge < -0.3 is 25.2 Å². The van der Waals surface area contributed by atoms with Gasteiger partial charge in [-0.15, -0.1) is 0 Å². The zero-order valence-electron chi connectivity index (χ0n) is 21.2. The molecule has 36 heavy (non-hydrogen) atoms. The average molecular weight is 487 g/mol. The van der Waals surface area contributed by atoms with Crippen molar-refractivity contribution in [2.24, 2.45) is 0 Å². The predicted molar refractivity (Wildman–Crippen MR) is 147 cm³/mol. The van der Waals surface area contributed by atoms with E-state index in [2.05, 4.69) is 34.3 Å². The Labute approximate surface area is 213 Å². The van der Waals surface area contributed by atoms with Crippen LogP contribution in [0.2, 0.25) is 0 Å². The molecule has 0 saturated carbocycles. The number of aryl methyl sites for hydroxylation is 1. The highest BCUT2D eigenvalue weighted by atomic mass is 16.5. The van der Waals surface area contributed by atoms with Gasteiger partial charge in [-0.2, -0.15) is 0 Å². The monoisotopic (exact) mass is 486 g/mol. The van der Waals surface area contributed by atoms with Crippen molar-refractivity contribution in [1.29, 1.82) is 0 Å². The Hall–Kier alpha value is -3.84. The minimum absolute atomic E-state index is 0.189. The van der Waals surface area contributed by atoms with Crippen LogP contribution in [0.5, 0.6) is 0 Å². The van der Waals surface area contributed by atoms with Gasteiger partial charge in [0.1, 0.15) is 0 Å². The fraction of sp³-hybridized carbons (Fsp3) is 0.310. The Morgan fingerprint density at radius 3 is 2.25 bits per heavy atom. The topological polar surface area (TPSA) is 73.9 Å². The van der Waals surface area contributed by atoms with Crippen molar-refractivity contribution in [2.45, 2.75) is 20.8 Å². The van der Waals surface area contributed by atoms with Crippen molar-refractivity contribution in [2.75, 3.05) is 59.8 Å². The Morgan fingerprint density at radius 2 is 1.56 bits per heavy atom. The first-order chi connectivity index (χ1) is 17.5. The van der Waals surface area contributed by atoms with Crippen LogP contribution in [0.15, 0.2) is 66.7 Å². The van der Waals surface area contributed by atoms with Crippen LogP contribution in [-0.2, 0) is 4.74 Å². The molecule has 1 aliphatic rings. The summed E-state index contributed by atoms with van der Waals surface area (Å²) in [6.07, 6.45) is 0. The second kappa shape index (κ2) is 11.7. The number of nitrogens with one attached hydrogen (secondary N) is 2. The number of hydrogen-bond acceptors (Lipinski definition) is 5. The lowest BCUT2D eigenvalue weighted by atomic mass is 10.1. The third-order valence-electron chi connectivity index (χ3n) is 6.49. The Balaban J connectivity index is 1.44. The zero-order chi connectivity index (χ0) is 25.5. The Morgan fingerprint density at radius 1 is 0.861 bits per heavy atom. The number of carbonyl (C=O) groups excluding carboxylic acids is 2. The lowest BCUT2D eigenvalue weighted by Gasteiger charge is -2.29. The molecule has 0 aromatic heterocycles. The van der Waals surface area contributed by atoms with Crippen LogP contribution in [0.3, 0.4) is 0 Å². The molecular formula is C29H34N4O3. The van der Waals surface area contributed by atoms with Crippen LogP contribution in [0, 0.1) is 6.92 Å². The number of nitrogens with zero attached hydrogens (tertiary/aromatic N) is 2. The first kappa shape index (κ1) is 25.3. The molecule has 1 saturated heterocycles. The minimum Gasteiger partial charge on any atom is -0.378 e. The van der Waals surface area contributed by atoms with Gasteiger partial charge in [-0.3, -0.25) is 9.59 Å². The lowest BCUT2D eigenvalue weighted by Crippen LogP contribution is -2.36. The van der Waals surface area contributed by atoms with Gasteiger partial charge in [0.2, 0.25) is 0 Å². The van der Waals surface area contributed by atoms with Gasteiger partial charge in [-0.05, 0) is 80.9 Å².